The highest BCUT2D eigenvalue weighted by Crippen LogP contribution is 2.50. The summed E-state index contributed by atoms with van der Waals surface area (Å²) < 4.78 is 92.7. The number of hydrogen-bond donors (Lipinski definition) is 4. The van der Waals surface area contributed by atoms with Crippen molar-refractivity contribution in [3.05, 3.63) is 99.5 Å². The number of benzene rings is 3. The number of nitrogens with zero attached hydrogens (tertiary/aromatic N) is 4. The van der Waals surface area contributed by atoms with Gasteiger partial charge in [-0.25, -0.2) is 26.3 Å². The van der Waals surface area contributed by atoms with Gasteiger partial charge < -0.3 is 34.5 Å². The fraction of sp³-hybridized carbons (Fsp3) is 0.490. The first-order valence-electron chi connectivity index (χ1n) is 24.4. The monoisotopic (exact) mass is 1000 g/mol. The summed E-state index contributed by atoms with van der Waals surface area (Å²) in [5, 5.41) is 26.2. The Morgan fingerprint density at radius 3 is 2.51 bits per heavy atom. The number of pyridine rings is 1. The van der Waals surface area contributed by atoms with Gasteiger partial charge in [0.05, 0.1) is 39.0 Å². The summed E-state index contributed by atoms with van der Waals surface area (Å²) >= 11 is 0. The Bertz CT molecular complexity index is 2980. The van der Waals surface area contributed by atoms with E-state index in [-0.39, 0.29) is 93.5 Å². The molecular weight excluding hydrogens is 944 g/mol. The van der Waals surface area contributed by atoms with Gasteiger partial charge in [0.25, 0.3) is 33.4 Å². The number of hydrogen-bond acceptors (Lipinski definition) is 13. The molecule has 71 heavy (non-hydrogen) atoms. The molecule has 10 rings (SSSR count). The standard InChI is InChI=1S/C51H58F3N7O9S/c1-4-68-48-44(25-36-38(52)26-55-46(36)57-48)70-42-22-31(59-20-18-51(19-21-59)28-60(29-51)40-11-7-9-34(40)33-8-5-6-10-37(33)50(3,53)54)12-13-35(42)47(62)58-71(66,67)32-23-41(61(64)65)45-43(24-32)69-27-39(56-45)30-14-16-49(2,63)17-15-30/h5-6,8,10,12-13,22-26,30,34,39-40,56,63H,4,7,9,11,14-21,27-29H2,1-3H3,(H,55,57)(H,58,62)/t30?,34-,39-,40-,49?/m1/s1. The molecule has 4 fully saturated rings. The number of halogens is 3. The molecule has 1 amide bonds. The van der Waals surface area contributed by atoms with Crippen LogP contribution >= 0.6 is 0 Å². The van der Waals surface area contributed by atoms with E-state index >= 15 is 0 Å². The summed E-state index contributed by atoms with van der Waals surface area (Å²) in [6.45, 7) is 7.77. The van der Waals surface area contributed by atoms with Crippen LogP contribution in [0.4, 0.5) is 30.2 Å². The normalized spacial score (nSPS) is 24.4. The smallest absolute Gasteiger partial charge is 0.297 e. The van der Waals surface area contributed by atoms with E-state index in [1.54, 1.807) is 38.1 Å². The maximum absolute atomic E-state index is 14.9. The van der Waals surface area contributed by atoms with E-state index in [9.17, 15) is 41.6 Å². The van der Waals surface area contributed by atoms with Crippen molar-refractivity contribution in [2.24, 2.45) is 11.3 Å². The average molecular weight is 1000 g/mol. The summed E-state index contributed by atoms with van der Waals surface area (Å²) in [5.41, 5.74) is 0.233. The zero-order chi connectivity index (χ0) is 50.0. The number of carbonyl (C=O) groups is 1. The number of rotatable bonds is 13. The highest BCUT2D eigenvalue weighted by Gasteiger charge is 2.50. The van der Waals surface area contributed by atoms with Crippen molar-refractivity contribution in [1.29, 1.82) is 0 Å². The Labute approximate surface area is 409 Å². The van der Waals surface area contributed by atoms with Gasteiger partial charge in [-0.05, 0) is 100 Å². The van der Waals surface area contributed by atoms with E-state index in [2.05, 4.69) is 29.8 Å². The minimum atomic E-state index is -4.79. The molecule has 16 nitrogen and oxygen atoms in total. The van der Waals surface area contributed by atoms with Crippen molar-refractivity contribution in [2.75, 3.05) is 49.6 Å². The Hall–Kier alpha value is -6.12. The van der Waals surface area contributed by atoms with Crippen molar-refractivity contribution < 1.29 is 50.6 Å². The molecular formula is C51H58F3N7O9S. The Balaban J connectivity index is 0.889. The zero-order valence-corrected chi connectivity index (χ0v) is 40.6. The van der Waals surface area contributed by atoms with Gasteiger partial charge in [0.15, 0.2) is 17.2 Å². The predicted molar refractivity (Wildman–Crippen MR) is 259 cm³/mol. The molecule has 1 spiro atoms. The number of anilines is 2. The Kier molecular flexibility index (Phi) is 12.6. The van der Waals surface area contributed by atoms with Crippen LogP contribution in [0, 0.1) is 27.3 Å². The molecule has 4 N–H and O–H groups in total. The van der Waals surface area contributed by atoms with Crippen molar-refractivity contribution in [3.8, 4) is 23.1 Å². The summed E-state index contributed by atoms with van der Waals surface area (Å²) in [4.78, 5) is 37.2. The molecule has 2 saturated heterocycles. The largest absolute Gasteiger partial charge is 0.489 e. The molecule has 3 aromatic carbocycles. The van der Waals surface area contributed by atoms with E-state index < -0.39 is 48.8 Å². The second kappa shape index (κ2) is 18.5. The lowest BCUT2D eigenvalue weighted by Crippen LogP contribution is -2.63. The van der Waals surface area contributed by atoms with Gasteiger partial charge in [-0.15, -0.1) is 0 Å². The molecule has 5 aliphatic rings. The molecule has 2 aromatic heterocycles. The number of nitro benzene ring substituents is 1. The minimum absolute atomic E-state index is 0.00958. The third kappa shape index (κ3) is 9.57. The predicted octanol–water partition coefficient (Wildman–Crippen LogP) is 9.38. The number of alkyl halides is 2. The van der Waals surface area contributed by atoms with Gasteiger partial charge in [-0.2, -0.15) is 4.98 Å². The van der Waals surface area contributed by atoms with Gasteiger partial charge in [0, 0.05) is 80.9 Å². The quantitative estimate of drug-likeness (QED) is 0.0643. The number of fused-ring (bicyclic) bond motifs is 2. The summed E-state index contributed by atoms with van der Waals surface area (Å²) in [7, 11) is -4.79. The number of ether oxygens (including phenoxy) is 3. The van der Waals surface area contributed by atoms with Crippen molar-refractivity contribution in [1.82, 2.24) is 19.6 Å². The van der Waals surface area contributed by atoms with Crippen LogP contribution in [-0.2, 0) is 15.9 Å². The summed E-state index contributed by atoms with van der Waals surface area (Å²) in [6, 6.07) is 14.9. The van der Waals surface area contributed by atoms with Gasteiger partial charge in [0.2, 0.25) is 0 Å². The molecule has 2 aliphatic carbocycles. The molecule has 378 valence electrons. The van der Waals surface area contributed by atoms with Gasteiger partial charge in [-0.3, -0.25) is 19.8 Å². The Morgan fingerprint density at radius 2 is 1.79 bits per heavy atom. The number of amides is 1. The minimum Gasteiger partial charge on any atom is -0.489 e. The van der Waals surface area contributed by atoms with Crippen LogP contribution in [0.1, 0.15) is 106 Å². The third-order valence-corrected chi connectivity index (χ3v) is 16.8. The molecule has 0 radical (unpaired) electrons. The molecule has 20 heteroatoms. The van der Waals surface area contributed by atoms with E-state index in [0.29, 0.717) is 44.5 Å². The highest BCUT2D eigenvalue weighted by atomic mass is 32.2. The van der Waals surface area contributed by atoms with Crippen molar-refractivity contribution in [3.63, 3.8) is 0 Å². The van der Waals surface area contributed by atoms with Crippen LogP contribution in [0.15, 0.2) is 71.8 Å². The number of piperidine rings is 1. The zero-order valence-electron chi connectivity index (χ0n) is 39.8. The van der Waals surface area contributed by atoms with Crippen LogP contribution in [-0.4, -0.2) is 96.3 Å². The average Bonchev–Trinajstić information content (AvgIpc) is 3.96. The number of sulfonamides is 1. The molecule has 3 atom stereocenters. The third-order valence-electron chi connectivity index (χ3n) is 15.5. The lowest BCUT2D eigenvalue weighted by atomic mass is 9.70. The van der Waals surface area contributed by atoms with Crippen molar-refractivity contribution >= 4 is 44.0 Å². The van der Waals surface area contributed by atoms with Crippen LogP contribution < -0.4 is 29.1 Å². The number of likely N-dealkylation sites (tertiary alicyclic amines) is 1. The molecule has 2 saturated carbocycles. The van der Waals surface area contributed by atoms with Gasteiger partial charge >= 0.3 is 0 Å². The number of carbonyl (C=O) groups excluding carboxylic acids is 1. The van der Waals surface area contributed by atoms with Crippen LogP contribution in [0.25, 0.3) is 11.0 Å². The number of aromatic nitrogens is 2. The highest BCUT2D eigenvalue weighted by molar-refractivity contribution is 7.90. The maximum Gasteiger partial charge on any atom is 0.297 e. The van der Waals surface area contributed by atoms with Crippen LogP contribution in [0.5, 0.6) is 23.1 Å². The first kappa shape index (κ1) is 48.5. The van der Waals surface area contributed by atoms with E-state index in [1.807, 2.05) is 12.1 Å². The van der Waals surface area contributed by atoms with Crippen LogP contribution in [0.3, 0.4) is 0 Å². The second-order valence-corrected chi connectivity index (χ2v) is 22.1. The molecule has 5 heterocycles. The van der Waals surface area contributed by atoms with Gasteiger partial charge in [-0.1, -0.05) is 30.7 Å². The summed E-state index contributed by atoms with van der Waals surface area (Å²) in [5.74, 6) is -4.75. The number of H-pyrrole nitrogens is 1. The topological polar surface area (TPSA) is 201 Å². The second-order valence-electron chi connectivity index (χ2n) is 20.4. The maximum atomic E-state index is 14.9. The van der Waals surface area contributed by atoms with E-state index in [4.69, 9.17) is 14.2 Å². The molecule has 5 aromatic rings. The van der Waals surface area contributed by atoms with Gasteiger partial charge in [0.1, 0.15) is 23.8 Å². The first-order valence-corrected chi connectivity index (χ1v) is 25.9. The first-order chi connectivity index (χ1) is 33.8. The molecule has 3 aliphatic heterocycles. The fourth-order valence-corrected chi connectivity index (χ4v) is 12.7. The SMILES string of the molecule is CCOc1nc2[nH]cc(F)c2cc1Oc1cc(N2CCC3(CC2)CN([C@@H]2CCC[C@@H]2c2ccccc2C(C)(F)F)C3)ccc1C(=O)NS(=O)(=O)c1cc2c(c([N+](=O)[O-])c1)N[C@@H](C1CCC(C)(O)CC1)CO2. The number of aliphatic hydroxyl groups is 1. The number of nitro groups is 1. The summed E-state index contributed by atoms with van der Waals surface area (Å²) in [6.07, 6.45) is 8.11. The number of aromatic amines is 1. The van der Waals surface area contributed by atoms with E-state index in [1.165, 1.54) is 12.1 Å². The molecule has 0 bridgehead atoms. The lowest BCUT2D eigenvalue weighted by Gasteiger charge is -2.57. The molecule has 0 unspecified atom stereocenters. The van der Waals surface area contributed by atoms with Crippen molar-refractivity contribution in [2.45, 2.75) is 113 Å². The fourth-order valence-electron chi connectivity index (χ4n) is 11.7. The Morgan fingerprint density at radius 1 is 1.04 bits per heavy atom. The lowest BCUT2D eigenvalue weighted by molar-refractivity contribution is -0.384. The number of nitrogens with one attached hydrogen (secondary N) is 3. The van der Waals surface area contributed by atoms with E-state index in [0.717, 1.165) is 76.0 Å². The van der Waals surface area contributed by atoms with Crippen LogP contribution in [0.2, 0.25) is 0 Å².